The van der Waals surface area contributed by atoms with Gasteiger partial charge in [0.15, 0.2) is 5.96 Å². The number of hydrogen-bond acceptors (Lipinski definition) is 2. The maximum atomic E-state index is 11.8. The third kappa shape index (κ3) is 5.58. The molecule has 2 N–H and O–H groups in total. The molecule has 5 heteroatoms. The van der Waals surface area contributed by atoms with E-state index in [2.05, 4.69) is 71.1 Å². The van der Waals surface area contributed by atoms with Crippen LogP contribution in [0.4, 0.5) is 0 Å². The van der Waals surface area contributed by atoms with Crippen molar-refractivity contribution in [1.82, 2.24) is 15.5 Å². The first-order chi connectivity index (χ1) is 13.1. The summed E-state index contributed by atoms with van der Waals surface area (Å²) in [5.74, 6) is 1.04. The van der Waals surface area contributed by atoms with Crippen LogP contribution in [-0.4, -0.2) is 30.4 Å². The van der Waals surface area contributed by atoms with Gasteiger partial charge in [-0.15, -0.1) is 0 Å². The molecule has 0 bridgehead atoms. The highest BCUT2D eigenvalue weighted by atomic mass is 16.2. The smallest absolute Gasteiger partial charge is 0.222 e. The topological polar surface area (TPSA) is 56.7 Å². The first-order valence-corrected chi connectivity index (χ1v) is 9.50. The fourth-order valence-electron chi connectivity index (χ4n) is 3.23. The number of carbonyl (C=O) groups excluding carboxylic acids is 1. The highest BCUT2D eigenvalue weighted by Gasteiger charge is 2.19. The van der Waals surface area contributed by atoms with Gasteiger partial charge in [0, 0.05) is 39.6 Å². The molecule has 1 saturated heterocycles. The van der Waals surface area contributed by atoms with Crippen molar-refractivity contribution in [2.24, 2.45) is 4.99 Å². The molecule has 2 aromatic rings. The number of rotatable bonds is 6. The molecule has 27 heavy (non-hydrogen) atoms. The van der Waals surface area contributed by atoms with Crippen LogP contribution in [0.15, 0.2) is 53.5 Å². The summed E-state index contributed by atoms with van der Waals surface area (Å²) in [6.07, 6.45) is 1.66. The van der Waals surface area contributed by atoms with Gasteiger partial charge in [-0.25, -0.2) is 0 Å². The molecule has 0 aromatic heterocycles. The molecule has 0 unspecified atom stereocenters. The van der Waals surface area contributed by atoms with E-state index >= 15 is 0 Å². The lowest BCUT2D eigenvalue weighted by Crippen LogP contribution is -2.36. The van der Waals surface area contributed by atoms with E-state index in [1.807, 2.05) is 4.90 Å². The van der Waals surface area contributed by atoms with E-state index in [0.717, 1.165) is 25.5 Å². The number of carbonyl (C=O) groups is 1. The Kier molecular flexibility index (Phi) is 6.47. The van der Waals surface area contributed by atoms with Crippen molar-refractivity contribution in [2.75, 3.05) is 13.6 Å². The fraction of sp³-hybridized carbons (Fsp3) is 0.364. The monoisotopic (exact) mass is 364 g/mol. The molecule has 3 rings (SSSR count). The zero-order chi connectivity index (χ0) is 19.1. The van der Waals surface area contributed by atoms with Crippen LogP contribution >= 0.6 is 0 Å². The molecule has 0 spiro atoms. The lowest BCUT2D eigenvalue weighted by atomic mass is 10.1. The van der Waals surface area contributed by atoms with Crippen LogP contribution < -0.4 is 10.6 Å². The minimum Gasteiger partial charge on any atom is -0.352 e. The summed E-state index contributed by atoms with van der Waals surface area (Å²) in [4.78, 5) is 18.0. The van der Waals surface area contributed by atoms with Gasteiger partial charge in [0.1, 0.15) is 0 Å². The Bertz CT molecular complexity index is 798. The molecule has 1 aliphatic heterocycles. The van der Waals surface area contributed by atoms with E-state index in [1.165, 1.54) is 22.3 Å². The summed E-state index contributed by atoms with van der Waals surface area (Å²) >= 11 is 0. The molecule has 1 heterocycles. The summed E-state index contributed by atoms with van der Waals surface area (Å²) in [7, 11) is 1.78. The van der Waals surface area contributed by atoms with E-state index < -0.39 is 0 Å². The van der Waals surface area contributed by atoms with Gasteiger partial charge in [0.25, 0.3) is 0 Å². The molecule has 142 valence electrons. The van der Waals surface area contributed by atoms with E-state index in [9.17, 15) is 4.79 Å². The van der Waals surface area contributed by atoms with Crippen molar-refractivity contribution in [3.8, 4) is 0 Å². The van der Waals surface area contributed by atoms with E-state index in [0.29, 0.717) is 19.5 Å². The summed E-state index contributed by atoms with van der Waals surface area (Å²) in [5.41, 5.74) is 4.84. The molecule has 0 atom stereocenters. The van der Waals surface area contributed by atoms with Gasteiger partial charge in [-0.1, -0.05) is 54.1 Å². The van der Waals surface area contributed by atoms with Crippen molar-refractivity contribution >= 4 is 11.9 Å². The Morgan fingerprint density at radius 3 is 2.41 bits per heavy atom. The number of hydrogen-bond donors (Lipinski definition) is 2. The van der Waals surface area contributed by atoms with Gasteiger partial charge in [0.2, 0.25) is 5.91 Å². The second-order valence-electron chi connectivity index (χ2n) is 7.00. The second kappa shape index (κ2) is 9.21. The molecular formula is C22H28N4O. The first kappa shape index (κ1) is 19.0. The highest BCUT2D eigenvalue weighted by Crippen LogP contribution is 2.15. The zero-order valence-corrected chi connectivity index (χ0v) is 16.2. The van der Waals surface area contributed by atoms with Crippen LogP contribution in [0.2, 0.25) is 0 Å². The number of amides is 1. The highest BCUT2D eigenvalue weighted by molar-refractivity contribution is 5.79. The van der Waals surface area contributed by atoms with Gasteiger partial charge < -0.3 is 15.5 Å². The van der Waals surface area contributed by atoms with E-state index in [1.54, 1.807) is 7.05 Å². The average Bonchev–Trinajstić information content (AvgIpc) is 3.08. The molecule has 1 fully saturated rings. The fourth-order valence-corrected chi connectivity index (χ4v) is 3.23. The number of aryl methyl sites for hydroxylation is 1. The molecule has 2 aromatic carbocycles. The lowest BCUT2D eigenvalue weighted by molar-refractivity contribution is -0.128. The minimum atomic E-state index is 0.263. The molecule has 1 amide bonds. The third-order valence-electron chi connectivity index (χ3n) is 4.80. The molecular weight excluding hydrogens is 336 g/mol. The van der Waals surface area contributed by atoms with Gasteiger partial charge in [0.05, 0.1) is 0 Å². The maximum absolute atomic E-state index is 11.8. The molecule has 5 nitrogen and oxygen atoms in total. The molecule has 0 saturated carbocycles. The Morgan fingerprint density at radius 1 is 1.04 bits per heavy atom. The summed E-state index contributed by atoms with van der Waals surface area (Å²) in [6.45, 7) is 5.09. The Hall–Kier alpha value is -2.82. The first-order valence-electron chi connectivity index (χ1n) is 9.50. The van der Waals surface area contributed by atoms with Gasteiger partial charge in [-0.05, 0) is 30.0 Å². The molecule has 0 radical (unpaired) electrons. The van der Waals surface area contributed by atoms with Crippen molar-refractivity contribution in [3.05, 3.63) is 70.8 Å². The van der Waals surface area contributed by atoms with Crippen molar-refractivity contribution in [2.45, 2.75) is 39.4 Å². The normalized spacial score (nSPS) is 14.5. The van der Waals surface area contributed by atoms with Crippen LogP contribution in [0.25, 0.3) is 0 Å². The Balaban J connectivity index is 1.51. The molecule has 1 aliphatic rings. The quantitative estimate of drug-likeness (QED) is 0.612. The lowest BCUT2D eigenvalue weighted by Gasteiger charge is -2.16. The second-order valence-corrected chi connectivity index (χ2v) is 7.00. The van der Waals surface area contributed by atoms with Crippen LogP contribution in [0.1, 0.15) is 35.1 Å². The number of guanidine groups is 1. The van der Waals surface area contributed by atoms with Crippen LogP contribution in [0.3, 0.4) is 0 Å². The van der Waals surface area contributed by atoms with Gasteiger partial charge in [-0.3, -0.25) is 9.79 Å². The van der Waals surface area contributed by atoms with Crippen LogP contribution in [0, 0.1) is 6.92 Å². The van der Waals surface area contributed by atoms with Crippen molar-refractivity contribution < 1.29 is 4.79 Å². The number of likely N-dealkylation sites (tertiary alicyclic amines) is 1. The predicted molar refractivity (Wildman–Crippen MR) is 109 cm³/mol. The minimum absolute atomic E-state index is 0.263. The number of benzene rings is 2. The number of nitrogens with one attached hydrogen (secondary N) is 2. The van der Waals surface area contributed by atoms with Crippen molar-refractivity contribution in [3.63, 3.8) is 0 Å². The summed E-state index contributed by atoms with van der Waals surface area (Å²) < 4.78 is 0. The largest absolute Gasteiger partial charge is 0.352 e. The SMILES string of the molecule is CN=C(NCc1ccc(C)cc1)NCc1cccc(CN2CCCC2=O)c1. The Morgan fingerprint density at radius 2 is 1.74 bits per heavy atom. The van der Waals surface area contributed by atoms with Gasteiger partial charge in [-0.2, -0.15) is 0 Å². The van der Waals surface area contributed by atoms with Gasteiger partial charge >= 0.3 is 0 Å². The van der Waals surface area contributed by atoms with Crippen LogP contribution in [-0.2, 0) is 24.4 Å². The third-order valence-corrected chi connectivity index (χ3v) is 4.80. The molecule has 0 aliphatic carbocycles. The van der Waals surface area contributed by atoms with E-state index in [4.69, 9.17) is 0 Å². The average molecular weight is 364 g/mol. The zero-order valence-electron chi connectivity index (χ0n) is 16.2. The number of aliphatic imine (C=N–C) groups is 1. The number of nitrogens with zero attached hydrogens (tertiary/aromatic N) is 2. The van der Waals surface area contributed by atoms with E-state index in [-0.39, 0.29) is 5.91 Å². The Labute approximate surface area is 161 Å². The maximum Gasteiger partial charge on any atom is 0.222 e. The summed E-state index contributed by atoms with van der Waals surface area (Å²) in [5, 5.41) is 6.70. The summed E-state index contributed by atoms with van der Waals surface area (Å²) in [6, 6.07) is 16.9. The standard InChI is InChI=1S/C22H28N4O/c1-17-8-10-18(11-9-17)14-24-22(23-2)25-15-19-5-3-6-20(13-19)16-26-12-4-7-21(26)27/h3,5-6,8-11,13H,4,7,12,14-16H2,1-2H3,(H2,23,24,25). The predicted octanol–water partition coefficient (Wildman–Crippen LogP) is 2.98. The van der Waals surface area contributed by atoms with Crippen molar-refractivity contribution in [1.29, 1.82) is 0 Å². The van der Waals surface area contributed by atoms with Crippen LogP contribution in [0.5, 0.6) is 0 Å².